The van der Waals surface area contributed by atoms with E-state index in [9.17, 15) is 9.59 Å². The van der Waals surface area contributed by atoms with Crippen LogP contribution in [0.4, 0.5) is 0 Å². The van der Waals surface area contributed by atoms with Crippen LogP contribution in [0.1, 0.15) is 5.56 Å². The molecule has 0 aliphatic carbocycles. The minimum atomic E-state index is -0.295. The molecule has 1 heterocycles. The van der Waals surface area contributed by atoms with Crippen molar-refractivity contribution >= 4 is 10.9 Å². The Labute approximate surface area is 86.4 Å². The van der Waals surface area contributed by atoms with Gasteiger partial charge in [-0.3, -0.25) is 13.9 Å². The summed E-state index contributed by atoms with van der Waals surface area (Å²) in [5.74, 6) is 0. The Kier molecular flexibility index (Phi) is 2.00. The highest BCUT2D eigenvalue weighted by Gasteiger charge is 2.07. The Hall–Kier alpha value is -1.84. The van der Waals surface area contributed by atoms with E-state index in [4.69, 9.17) is 0 Å². The second kappa shape index (κ2) is 3.08. The van der Waals surface area contributed by atoms with Crippen molar-refractivity contribution < 1.29 is 0 Å². The van der Waals surface area contributed by atoms with Gasteiger partial charge >= 0.3 is 5.69 Å². The van der Waals surface area contributed by atoms with Crippen molar-refractivity contribution in [1.29, 1.82) is 0 Å². The van der Waals surface area contributed by atoms with E-state index in [2.05, 4.69) is 0 Å². The van der Waals surface area contributed by atoms with Crippen molar-refractivity contribution in [2.45, 2.75) is 6.92 Å². The molecule has 0 fully saturated rings. The van der Waals surface area contributed by atoms with Crippen LogP contribution in [0.5, 0.6) is 0 Å². The van der Waals surface area contributed by atoms with Gasteiger partial charge in [0, 0.05) is 14.1 Å². The number of nitrogens with zero attached hydrogens (tertiary/aromatic N) is 2. The molecular weight excluding hydrogens is 192 g/mol. The largest absolute Gasteiger partial charge is 0.330 e. The van der Waals surface area contributed by atoms with E-state index in [0.29, 0.717) is 10.9 Å². The van der Waals surface area contributed by atoms with Gasteiger partial charge in [-0.05, 0) is 19.1 Å². The SMILES string of the molecule is Cc1ccc2c(c1)c(=O)n(C)c(=O)n2C. The Bertz CT molecular complexity index is 650. The normalized spacial score (nSPS) is 10.9. The van der Waals surface area contributed by atoms with E-state index in [1.807, 2.05) is 13.0 Å². The maximum atomic E-state index is 11.8. The predicted octanol–water partition coefficient (Wildman–Crippen LogP) is 0.546. The van der Waals surface area contributed by atoms with Crippen LogP contribution in [-0.2, 0) is 14.1 Å². The summed E-state index contributed by atoms with van der Waals surface area (Å²) in [5, 5.41) is 0.583. The lowest BCUT2D eigenvalue weighted by atomic mass is 10.1. The monoisotopic (exact) mass is 204 g/mol. The summed E-state index contributed by atoms with van der Waals surface area (Å²) < 4.78 is 2.61. The van der Waals surface area contributed by atoms with Gasteiger partial charge < -0.3 is 0 Å². The lowest BCUT2D eigenvalue weighted by Gasteiger charge is -2.07. The van der Waals surface area contributed by atoms with Gasteiger partial charge in [-0.1, -0.05) is 11.6 Å². The van der Waals surface area contributed by atoms with Crippen molar-refractivity contribution in [3.8, 4) is 0 Å². The van der Waals surface area contributed by atoms with Crippen molar-refractivity contribution in [2.24, 2.45) is 14.1 Å². The summed E-state index contributed by atoms with van der Waals surface area (Å²) in [4.78, 5) is 23.4. The Balaban J connectivity index is 3.15. The molecule has 0 aliphatic heterocycles. The Morgan fingerprint density at radius 1 is 1.07 bits per heavy atom. The van der Waals surface area contributed by atoms with Crippen molar-refractivity contribution in [1.82, 2.24) is 9.13 Å². The third-order valence-electron chi connectivity index (χ3n) is 2.62. The molecule has 0 amide bonds. The van der Waals surface area contributed by atoms with Crippen LogP contribution in [0.25, 0.3) is 10.9 Å². The first-order chi connectivity index (χ1) is 7.02. The third-order valence-corrected chi connectivity index (χ3v) is 2.62. The van der Waals surface area contributed by atoms with Gasteiger partial charge in [0.1, 0.15) is 0 Å². The zero-order valence-corrected chi connectivity index (χ0v) is 8.94. The lowest BCUT2D eigenvalue weighted by Crippen LogP contribution is -2.36. The minimum absolute atomic E-state index is 0.239. The first-order valence-corrected chi connectivity index (χ1v) is 4.69. The molecule has 0 saturated heterocycles. The molecule has 1 aromatic carbocycles. The van der Waals surface area contributed by atoms with Gasteiger partial charge in [-0.25, -0.2) is 4.79 Å². The molecular formula is C11H12N2O2. The average Bonchev–Trinajstić information content (AvgIpc) is 2.23. The molecule has 0 saturated carbocycles. The second-order valence-corrected chi connectivity index (χ2v) is 3.73. The third kappa shape index (κ3) is 1.29. The Morgan fingerprint density at radius 2 is 1.73 bits per heavy atom. The summed E-state index contributed by atoms with van der Waals surface area (Å²) in [6.45, 7) is 1.92. The smallest absolute Gasteiger partial charge is 0.296 e. The van der Waals surface area contributed by atoms with Gasteiger partial charge in [0.05, 0.1) is 10.9 Å². The quantitative estimate of drug-likeness (QED) is 0.629. The molecule has 0 unspecified atom stereocenters. The van der Waals surface area contributed by atoms with Gasteiger partial charge in [0.15, 0.2) is 0 Å². The number of hydrogen-bond acceptors (Lipinski definition) is 2. The van der Waals surface area contributed by atoms with E-state index in [0.717, 1.165) is 10.1 Å². The first kappa shape index (κ1) is 9.71. The summed E-state index contributed by atoms with van der Waals surface area (Å²) in [6.07, 6.45) is 0. The van der Waals surface area contributed by atoms with E-state index in [1.54, 1.807) is 19.2 Å². The van der Waals surface area contributed by atoms with E-state index >= 15 is 0 Å². The van der Waals surface area contributed by atoms with Crippen LogP contribution in [0.2, 0.25) is 0 Å². The zero-order chi connectivity index (χ0) is 11.2. The molecule has 0 N–H and O–H groups in total. The maximum Gasteiger partial charge on any atom is 0.330 e. The van der Waals surface area contributed by atoms with Crippen LogP contribution < -0.4 is 11.2 Å². The van der Waals surface area contributed by atoms with Gasteiger partial charge in [-0.2, -0.15) is 0 Å². The fourth-order valence-electron chi connectivity index (χ4n) is 1.71. The fourth-order valence-corrected chi connectivity index (χ4v) is 1.71. The number of fused-ring (bicyclic) bond motifs is 1. The fraction of sp³-hybridized carbons (Fsp3) is 0.273. The van der Waals surface area contributed by atoms with E-state index < -0.39 is 0 Å². The molecule has 0 bridgehead atoms. The van der Waals surface area contributed by atoms with Crippen LogP contribution in [0.3, 0.4) is 0 Å². The molecule has 0 atom stereocenters. The van der Waals surface area contributed by atoms with Crippen LogP contribution in [-0.4, -0.2) is 9.13 Å². The van der Waals surface area contributed by atoms with Crippen molar-refractivity contribution in [3.63, 3.8) is 0 Å². The number of rotatable bonds is 0. The highest BCUT2D eigenvalue weighted by molar-refractivity contribution is 5.78. The topological polar surface area (TPSA) is 44.0 Å². The minimum Gasteiger partial charge on any atom is -0.296 e. The highest BCUT2D eigenvalue weighted by atomic mass is 16.2. The molecule has 15 heavy (non-hydrogen) atoms. The average molecular weight is 204 g/mol. The summed E-state index contributed by atoms with van der Waals surface area (Å²) in [7, 11) is 3.16. The highest BCUT2D eigenvalue weighted by Crippen LogP contribution is 2.09. The molecule has 0 radical (unpaired) electrons. The number of aryl methyl sites for hydroxylation is 2. The van der Waals surface area contributed by atoms with Gasteiger partial charge in [0.2, 0.25) is 0 Å². The molecule has 2 aromatic rings. The Morgan fingerprint density at radius 3 is 2.40 bits per heavy atom. The summed E-state index contributed by atoms with van der Waals surface area (Å²) >= 11 is 0. The van der Waals surface area contributed by atoms with Crippen molar-refractivity contribution in [3.05, 3.63) is 44.6 Å². The molecule has 0 spiro atoms. The molecule has 2 rings (SSSR count). The number of benzene rings is 1. The zero-order valence-electron chi connectivity index (χ0n) is 8.94. The lowest BCUT2D eigenvalue weighted by molar-refractivity contribution is 0.713. The standard InChI is InChI=1S/C11H12N2O2/c1-7-4-5-9-8(6-7)10(14)13(3)11(15)12(9)2/h4-6H,1-3H3. The predicted molar refractivity (Wildman–Crippen MR) is 59.2 cm³/mol. The molecule has 1 aromatic heterocycles. The molecule has 0 aliphatic rings. The molecule has 78 valence electrons. The van der Waals surface area contributed by atoms with Crippen molar-refractivity contribution in [2.75, 3.05) is 0 Å². The maximum absolute atomic E-state index is 11.8. The van der Waals surface area contributed by atoms with Crippen LogP contribution in [0, 0.1) is 6.92 Å². The van der Waals surface area contributed by atoms with E-state index in [1.165, 1.54) is 11.6 Å². The van der Waals surface area contributed by atoms with Crippen LogP contribution in [0.15, 0.2) is 27.8 Å². The number of hydrogen-bond donors (Lipinski definition) is 0. The molecule has 4 nitrogen and oxygen atoms in total. The molecule has 4 heteroatoms. The first-order valence-electron chi connectivity index (χ1n) is 4.69. The number of aromatic nitrogens is 2. The van der Waals surface area contributed by atoms with Gasteiger partial charge in [-0.15, -0.1) is 0 Å². The second-order valence-electron chi connectivity index (χ2n) is 3.73. The van der Waals surface area contributed by atoms with Gasteiger partial charge in [0.25, 0.3) is 5.56 Å². The van der Waals surface area contributed by atoms with Crippen LogP contribution >= 0.6 is 0 Å². The summed E-state index contributed by atoms with van der Waals surface area (Å²) in [6, 6.07) is 5.49. The summed E-state index contributed by atoms with van der Waals surface area (Å²) in [5.41, 5.74) is 1.15. The van der Waals surface area contributed by atoms with E-state index in [-0.39, 0.29) is 11.2 Å².